The van der Waals surface area contributed by atoms with E-state index in [0.717, 1.165) is 38.5 Å². The van der Waals surface area contributed by atoms with E-state index in [9.17, 15) is 14.7 Å². The van der Waals surface area contributed by atoms with Crippen molar-refractivity contribution in [1.29, 1.82) is 0 Å². The maximum Gasteiger partial charge on any atom is 0.306 e. The molecular formula is C47H86O5. The van der Waals surface area contributed by atoms with Gasteiger partial charge in [0, 0.05) is 12.8 Å². The van der Waals surface area contributed by atoms with Gasteiger partial charge in [0.05, 0.1) is 6.61 Å². The van der Waals surface area contributed by atoms with Gasteiger partial charge < -0.3 is 14.6 Å². The van der Waals surface area contributed by atoms with Crippen LogP contribution in [0.3, 0.4) is 0 Å². The Hall–Kier alpha value is -1.88. The van der Waals surface area contributed by atoms with Crippen molar-refractivity contribution in [2.24, 2.45) is 0 Å². The molecule has 0 spiro atoms. The summed E-state index contributed by atoms with van der Waals surface area (Å²) in [5.74, 6) is -0.642. The van der Waals surface area contributed by atoms with Gasteiger partial charge in [0.1, 0.15) is 6.61 Å². The van der Waals surface area contributed by atoms with Gasteiger partial charge in [-0.3, -0.25) is 9.59 Å². The second-order valence-corrected chi connectivity index (χ2v) is 15.1. The molecule has 0 heterocycles. The molecule has 0 aliphatic carbocycles. The third kappa shape index (κ3) is 40.9. The number of aliphatic hydroxyl groups is 1. The van der Waals surface area contributed by atoms with Gasteiger partial charge in [-0.15, -0.1) is 0 Å². The fraction of sp³-hybridized carbons (Fsp3) is 0.830. The highest BCUT2D eigenvalue weighted by atomic mass is 16.6. The lowest BCUT2D eigenvalue weighted by molar-refractivity contribution is -0.161. The first-order valence-electron chi connectivity index (χ1n) is 22.5. The molecule has 52 heavy (non-hydrogen) atoms. The van der Waals surface area contributed by atoms with Crippen molar-refractivity contribution < 1.29 is 24.2 Å². The summed E-state index contributed by atoms with van der Waals surface area (Å²) >= 11 is 0. The van der Waals surface area contributed by atoms with E-state index in [4.69, 9.17) is 9.47 Å². The van der Waals surface area contributed by atoms with E-state index < -0.39 is 6.10 Å². The number of carbonyl (C=O) groups excluding carboxylic acids is 2. The molecular weight excluding hydrogens is 645 g/mol. The summed E-state index contributed by atoms with van der Waals surface area (Å²) < 4.78 is 10.6. The SMILES string of the molecule is CCCCCCCCC=CCC=CCC=CCCCC(=O)OC(CO)COC(=O)CCCCCCCCCCCCCCCCCCCCCCC. The first-order chi connectivity index (χ1) is 25.6. The van der Waals surface area contributed by atoms with Gasteiger partial charge in [-0.05, 0) is 44.9 Å². The minimum atomic E-state index is -0.795. The summed E-state index contributed by atoms with van der Waals surface area (Å²) in [4.78, 5) is 24.3. The topological polar surface area (TPSA) is 72.8 Å². The molecule has 0 amide bonds. The average Bonchev–Trinajstić information content (AvgIpc) is 3.15. The zero-order valence-corrected chi connectivity index (χ0v) is 34.6. The molecule has 304 valence electrons. The molecule has 0 aliphatic rings. The van der Waals surface area contributed by atoms with Crippen molar-refractivity contribution in [3.8, 4) is 0 Å². The Kier molecular flexibility index (Phi) is 42.0. The van der Waals surface area contributed by atoms with E-state index in [2.05, 4.69) is 50.3 Å². The minimum Gasteiger partial charge on any atom is -0.462 e. The molecule has 1 N–H and O–H groups in total. The number of esters is 2. The van der Waals surface area contributed by atoms with Crippen molar-refractivity contribution in [3.05, 3.63) is 36.5 Å². The van der Waals surface area contributed by atoms with Crippen molar-refractivity contribution in [1.82, 2.24) is 0 Å². The maximum absolute atomic E-state index is 12.2. The number of ether oxygens (including phenoxy) is 2. The molecule has 1 atom stereocenters. The van der Waals surface area contributed by atoms with E-state index in [1.165, 1.54) is 161 Å². The van der Waals surface area contributed by atoms with Gasteiger partial charge in [-0.2, -0.15) is 0 Å². The van der Waals surface area contributed by atoms with Crippen LogP contribution in [0.5, 0.6) is 0 Å². The predicted molar refractivity (Wildman–Crippen MR) is 224 cm³/mol. The Morgan fingerprint density at radius 1 is 0.442 bits per heavy atom. The van der Waals surface area contributed by atoms with Crippen LogP contribution >= 0.6 is 0 Å². The molecule has 5 heteroatoms. The summed E-state index contributed by atoms with van der Waals surface area (Å²) in [7, 11) is 0. The number of hydrogen-bond acceptors (Lipinski definition) is 5. The Balaban J connectivity index is 3.55. The van der Waals surface area contributed by atoms with Crippen LogP contribution in [0.4, 0.5) is 0 Å². The standard InChI is InChI=1S/C47H86O5/c1-3-5-7-9-11-13-15-17-19-21-22-23-24-26-27-29-31-33-35-37-39-41-46(49)51-44-45(43-48)52-47(50)42-40-38-36-34-32-30-28-25-20-18-16-14-12-10-8-6-4-2/h18,20,28,30,34,36,45,48H,3-17,19,21-27,29,31-33,35,37-44H2,1-2H3. The van der Waals surface area contributed by atoms with Crippen molar-refractivity contribution >= 4 is 11.9 Å². The molecule has 0 aromatic heterocycles. The monoisotopic (exact) mass is 731 g/mol. The van der Waals surface area contributed by atoms with E-state index in [0.29, 0.717) is 12.8 Å². The Bertz CT molecular complexity index is 832. The van der Waals surface area contributed by atoms with Crippen LogP contribution in [0.1, 0.15) is 232 Å². The third-order valence-corrected chi connectivity index (χ3v) is 9.94. The second-order valence-electron chi connectivity index (χ2n) is 15.1. The van der Waals surface area contributed by atoms with E-state index in [-0.39, 0.29) is 31.6 Å². The number of carbonyl (C=O) groups is 2. The van der Waals surface area contributed by atoms with Crippen molar-refractivity contribution in [3.63, 3.8) is 0 Å². The second kappa shape index (κ2) is 43.5. The van der Waals surface area contributed by atoms with E-state index in [1.807, 2.05) is 0 Å². The van der Waals surface area contributed by atoms with Crippen molar-refractivity contribution in [2.75, 3.05) is 13.2 Å². The first kappa shape index (κ1) is 50.1. The normalized spacial score (nSPS) is 12.4. The molecule has 5 nitrogen and oxygen atoms in total. The number of hydrogen-bond donors (Lipinski definition) is 1. The highest BCUT2D eigenvalue weighted by Gasteiger charge is 2.16. The molecule has 0 saturated heterocycles. The third-order valence-electron chi connectivity index (χ3n) is 9.94. The van der Waals surface area contributed by atoms with Gasteiger partial charge in [0.2, 0.25) is 0 Å². The minimum absolute atomic E-state index is 0.0825. The Labute approximate surface area is 323 Å². The van der Waals surface area contributed by atoms with Gasteiger partial charge in [-0.1, -0.05) is 211 Å². The molecule has 0 saturated carbocycles. The fourth-order valence-corrected chi connectivity index (χ4v) is 6.51. The number of allylic oxidation sites excluding steroid dienone is 6. The molecule has 0 rings (SSSR count). The molecule has 0 aromatic rings. The lowest BCUT2D eigenvalue weighted by atomic mass is 10.0. The van der Waals surface area contributed by atoms with Crippen LogP contribution in [-0.4, -0.2) is 36.4 Å². The molecule has 0 aliphatic heterocycles. The number of rotatable bonds is 41. The highest BCUT2D eigenvalue weighted by Crippen LogP contribution is 2.16. The first-order valence-corrected chi connectivity index (χ1v) is 22.5. The van der Waals surface area contributed by atoms with Gasteiger partial charge in [0.25, 0.3) is 0 Å². The highest BCUT2D eigenvalue weighted by molar-refractivity contribution is 5.70. The zero-order chi connectivity index (χ0) is 37.8. The molecule has 0 fully saturated rings. The number of aliphatic hydroxyl groups excluding tert-OH is 1. The zero-order valence-electron chi connectivity index (χ0n) is 34.6. The van der Waals surface area contributed by atoms with E-state index >= 15 is 0 Å². The lowest BCUT2D eigenvalue weighted by Crippen LogP contribution is -2.28. The average molecular weight is 731 g/mol. The fourth-order valence-electron chi connectivity index (χ4n) is 6.51. The summed E-state index contributed by atoms with van der Waals surface area (Å²) in [6.45, 7) is 4.11. The van der Waals surface area contributed by atoms with Crippen LogP contribution in [0, 0.1) is 0 Å². The predicted octanol–water partition coefficient (Wildman–Crippen LogP) is 14.4. The Morgan fingerprint density at radius 2 is 0.788 bits per heavy atom. The van der Waals surface area contributed by atoms with Crippen LogP contribution in [0.15, 0.2) is 36.5 Å². The van der Waals surface area contributed by atoms with Gasteiger partial charge >= 0.3 is 11.9 Å². The van der Waals surface area contributed by atoms with Crippen molar-refractivity contribution in [2.45, 2.75) is 238 Å². The van der Waals surface area contributed by atoms with Gasteiger partial charge in [0.15, 0.2) is 6.10 Å². The quantitative estimate of drug-likeness (QED) is 0.0385. The Morgan fingerprint density at radius 3 is 1.21 bits per heavy atom. The molecule has 0 aromatic carbocycles. The van der Waals surface area contributed by atoms with Crippen LogP contribution < -0.4 is 0 Å². The van der Waals surface area contributed by atoms with Crippen LogP contribution in [0.2, 0.25) is 0 Å². The van der Waals surface area contributed by atoms with Crippen LogP contribution in [-0.2, 0) is 19.1 Å². The maximum atomic E-state index is 12.2. The van der Waals surface area contributed by atoms with Gasteiger partial charge in [-0.25, -0.2) is 0 Å². The van der Waals surface area contributed by atoms with E-state index in [1.54, 1.807) is 0 Å². The summed E-state index contributed by atoms with van der Waals surface area (Å²) in [6.07, 6.45) is 53.7. The summed E-state index contributed by atoms with van der Waals surface area (Å²) in [5.41, 5.74) is 0. The summed E-state index contributed by atoms with van der Waals surface area (Å²) in [5, 5.41) is 9.57. The lowest BCUT2D eigenvalue weighted by Gasteiger charge is -2.15. The molecule has 0 bridgehead atoms. The molecule has 1 unspecified atom stereocenters. The summed E-state index contributed by atoms with van der Waals surface area (Å²) in [6, 6.07) is 0. The number of unbranched alkanes of at least 4 members (excludes halogenated alkanes) is 27. The molecule has 0 radical (unpaired) electrons. The smallest absolute Gasteiger partial charge is 0.306 e. The largest absolute Gasteiger partial charge is 0.462 e. The van der Waals surface area contributed by atoms with Crippen LogP contribution in [0.25, 0.3) is 0 Å².